The highest BCUT2D eigenvalue weighted by atomic mass is 32.1. The highest BCUT2D eigenvalue weighted by molar-refractivity contribution is 7.80. The normalized spacial score (nSPS) is 12.2. The van der Waals surface area contributed by atoms with Crippen LogP contribution in [-0.2, 0) is 0 Å². The zero-order chi connectivity index (χ0) is 14.9. The zero-order valence-electron chi connectivity index (χ0n) is 12.3. The van der Waals surface area contributed by atoms with Crippen molar-refractivity contribution in [2.24, 2.45) is 5.73 Å². The lowest BCUT2D eigenvalue weighted by molar-refractivity contribution is 0.500. The molecule has 20 heavy (non-hydrogen) atoms. The number of benzene rings is 1. The maximum Gasteiger partial charge on any atom is 0.106 e. The van der Waals surface area contributed by atoms with Gasteiger partial charge in [0.2, 0.25) is 0 Å². The molecule has 1 aromatic carbocycles. The van der Waals surface area contributed by atoms with Crippen LogP contribution in [0.5, 0.6) is 0 Å². The molecule has 0 saturated carbocycles. The second kappa shape index (κ2) is 5.67. The van der Waals surface area contributed by atoms with E-state index in [0.717, 1.165) is 28.3 Å². The van der Waals surface area contributed by atoms with E-state index in [1.54, 1.807) is 0 Å². The van der Waals surface area contributed by atoms with Crippen molar-refractivity contribution in [3.05, 3.63) is 52.5 Å². The van der Waals surface area contributed by atoms with Crippen molar-refractivity contribution in [3.63, 3.8) is 0 Å². The van der Waals surface area contributed by atoms with E-state index < -0.39 is 0 Å². The summed E-state index contributed by atoms with van der Waals surface area (Å²) in [6.07, 6.45) is 0. The third-order valence-electron chi connectivity index (χ3n) is 3.36. The predicted octanol–water partition coefficient (Wildman–Crippen LogP) is 4.01. The largest absolute Gasteiger partial charge is 0.466 e. The van der Waals surface area contributed by atoms with E-state index in [-0.39, 0.29) is 6.04 Å². The lowest BCUT2D eigenvalue weighted by Crippen LogP contribution is -2.15. The van der Waals surface area contributed by atoms with Gasteiger partial charge in [-0.2, -0.15) is 0 Å². The Morgan fingerprint density at radius 3 is 2.50 bits per heavy atom. The Morgan fingerprint density at radius 2 is 1.95 bits per heavy atom. The maximum atomic E-state index is 5.79. The molecule has 3 nitrogen and oxygen atoms in total. The minimum atomic E-state index is 0.127. The van der Waals surface area contributed by atoms with E-state index in [1.807, 2.05) is 32.9 Å². The first kappa shape index (κ1) is 14.6. The van der Waals surface area contributed by atoms with Gasteiger partial charge in [0.25, 0.3) is 0 Å². The molecular formula is C16H20N2OS. The van der Waals surface area contributed by atoms with E-state index in [1.165, 1.54) is 5.56 Å². The van der Waals surface area contributed by atoms with E-state index in [4.69, 9.17) is 22.4 Å². The summed E-state index contributed by atoms with van der Waals surface area (Å²) in [6, 6.07) is 8.22. The van der Waals surface area contributed by atoms with Gasteiger partial charge in [0.1, 0.15) is 16.5 Å². The molecular weight excluding hydrogens is 268 g/mol. The van der Waals surface area contributed by atoms with Gasteiger partial charge in [-0.3, -0.25) is 0 Å². The van der Waals surface area contributed by atoms with Crippen molar-refractivity contribution in [2.75, 3.05) is 5.32 Å². The molecule has 0 saturated heterocycles. The van der Waals surface area contributed by atoms with Crippen molar-refractivity contribution < 1.29 is 4.42 Å². The fourth-order valence-corrected chi connectivity index (χ4v) is 2.56. The summed E-state index contributed by atoms with van der Waals surface area (Å²) in [5.74, 6) is 1.86. The van der Waals surface area contributed by atoms with Crippen LogP contribution in [0.3, 0.4) is 0 Å². The van der Waals surface area contributed by atoms with Crippen LogP contribution in [-0.4, -0.2) is 4.99 Å². The fourth-order valence-electron chi connectivity index (χ4n) is 2.38. The van der Waals surface area contributed by atoms with E-state index in [9.17, 15) is 0 Å². The van der Waals surface area contributed by atoms with Gasteiger partial charge in [-0.25, -0.2) is 0 Å². The molecule has 4 heteroatoms. The second-order valence-corrected chi connectivity index (χ2v) is 5.59. The Hall–Kier alpha value is -1.81. The van der Waals surface area contributed by atoms with Crippen molar-refractivity contribution in [3.8, 4) is 0 Å². The Morgan fingerprint density at radius 1 is 1.25 bits per heavy atom. The van der Waals surface area contributed by atoms with E-state index in [2.05, 4.69) is 24.4 Å². The summed E-state index contributed by atoms with van der Waals surface area (Å²) in [5.41, 5.74) is 9.94. The Kier molecular flexibility index (Phi) is 4.14. The number of rotatable bonds is 4. The summed E-state index contributed by atoms with van der Waals surface area (Å²) >= 11 is 5.11. The topological polar surface area (TPSA) is 51.2 Å². The Labute approximate surface area is 125 Å². The lowest BCUT2D eigenvalue weighted by atomic mass is 10.1. The van der Waals surface area contributed by atoms with Crippen LogP contribution in [0.1, 0.15) is 41.2 Å². The Bertz CT molecular complexity index is 646. The molecule has 2 aromatic rings. The van der Waals surface area contributed by atoms with Crippen LogP contribution in [0.4, 0.5) is 5.69 Å². The van der Waals surface area contributed by atoms with Gasteiger partial charge in [-0.05, 0) is 51.5 Å². The average Bonchev–Trinajstić information content (AvgIpc) is 2.68. The molecule has 0 spiro atoms. The number of hydrogen-bond donors (Lipinski definition) is 2. The van der Waals surface area contributed by atoms with Crippen LogP contribution in [0, 0.1) is 20.8 Å². The molecule has 3 N–H and O–H groups in total. The molecule has 0 aliphatic heterocycles. The minimum absolute atomic E-state index is 0.127. The van der Waals surface area contributed by atoms with Crippen molar-refractivity contribution in [1.82, 2.24) is 0 Å². The summed E-state index contributed by atoms with van der Waals surface area (Å²) in [4.78, 5) is 0.403. The fraction of sp³-hybridized carbons (Fsp3) is 0.312. The maximum absolute atomic E-state index is 5.79. The minimum Gasteiger partial charge on any atom is -0.466 e. The summed E-state index contributed by atoms with van der Waals surface area (Å²) in [7, 11) is 0. The van der Waals surface area contributed by atoms with Crippen molar-refractivity contribution in [1.29, 1.82) is 0 Å². The van der Waals surface area contributed by atoms with Crippen LogP contribution in [0.15, 0.2) is 28.7 Å². The van der Waals surface area contributed by atoms with E-state index in [0.29, 0.717) is 4.99 Å². The monoisotopic (exact) mass is 288 g/mol. The number of nitrogens with two attached hydrogens (primary N) is 1. The van der Waals surface area contributed by atoms with Crippen molar-refractivity contribution >= 4 is 22.9 Å². The first-order valence-corrected chi connectivity index (χ1v) is 7.03. The van der Waals surface area contributed by atoms with Gasteiger partial charge in [-0.15, -0.1) is 0 Å². The number of furan rings is 1. The number of nitrogens with one attached hydrogen (secondary N) is 1. The number of anilines is 1. The highest BCUT2D eigenvalue weighted by Gasteiger charge is 2.14. The third-order valence-corrected chi connectivity index (χ3v) is 3.58. The molecule has 0 bridgehead atoms. The molecule has 0 amide bonds. The van der Waals surface area contributed by atoms with Crippen LogP contribution in [0.2, 0.25) is 0 Å². The number of aryl methyl sites for hydroxylation is 3. The summed E-state index contributed by atoms with van der Waals surface area (Å²) in [6.45, 7) is 8.08. The third kappa shape index (κ3) is 3.02. The highest BCUT2D eigenvalue weighted by Crippen LogP contribution is 2.27. The van der Waals surface area contributed by atoms with Crippen molar-refractivity contribution in [2.45, 2.75) is 33.7 Å². The molecule has 0 aliphatic rings. The second-order valence-electron chi connectivity index (χ2n) is 5.15. The lowest BCUT2D eigenvalue weighted by Gasteiger charge is -2.18. The van der Waals surface area contributed by atoms with Gasteiger partial charge in [-0.1, -0.05) is 18.3 Å². The number of hydrogen-bond acceptors (Lipinski definition) is 3. The molecule has 1 heterocycles. The molecule has 0 aliphatic carbocycles. The van der Waals surface area contributed by atoms with Crippen LogP contribution < -0.4 is 11.1 Å². The quantitative estimate of drug-likeness (QED) is 0.835. The molecule has 1 unspecified atom stereocenters. The zero-order valence-corrected chi connectivity index (χ0v) is 13.1. The summed E-state index contributed by atoms with van der Waals surface area (Å²) in [5, 5.41) is 3.48. The van der Waals surface area contributed by atoms with Crippen LogP contribution >= 0.6 is 12.2 Å². The first-order chi connectivity index (χ1) is 9.38. The van der Waals surface area contributed by atoms with Gasteiger partial charge in [0.05, 0.1) is 6.04 Å². The SMILES string of the molecule is Cc1ccc(C(N)=S)c(NC(C)c2cc(C)oc2C)c1. The molecule has 0 radical (unpaired) electrons. The predicted molar refractivity (Wildman–Crippen MR) is 87.3 cm³/mol. The average molecular weight is 288 g/mol. The van der Waals surface area contributed by atoms with E-state index >= 15 is 0 Å². The number of thiocarbonyl (C=S) groups is 1. The first-order valence-electron chi connectivity index (χ1n) is 6.62. The van der Waals surface area contributed by atoms with Gasteiger partial charge in [0.15, 0.2) is 0 Å². The summed E-state index contributed by atoms with van der Waals surface area (Å²) < 4.78 is 5.58. The molecule has 1 aromatic heterocycles. The van der Waals surface area contributed by atoms with Gasteiger partial charge < -0.3 is 15.5 Å². The standard InChI is InChI=1S/C16H20N2OS/c1-9-5-6-13(16(17)20)15(7-9)18-11(3)14-8-10(2)19-12(14)4/h5-8,11,18H,1-4H3,(H2,17,20). The smallest absolute Gasteiger partial charge is 0.106 e. The van der Waals surface area contributed by atoms with Crippen LogP contribution in [0.25, 0.3) is 0 Å². The molecule has 0 fully saturated rings. The molecule has 2 rings (SSSR count). The molecule has 1 atom stereocenters. The Balaban J connectivity index is 2.32. The van der Waals surface area contributed by atoms with Gasteiger partial charge in [0, 0.05) is 16.8 Å². The van der Waals surface area contributed by atoms with Gasteiger partial charge >= 0.3 is 0 Å². The molecule has 106 valence electrons.